The van der Waals surface area contributed by atoms with Crippen molar-refractivity contribution in [2.75, 3.05) is 26.2 Å². The van der Waals surface area contributed by atoms with E-state index in [0.717, 1.165) is 22.6 Å². The largest absolute Gasteiger partial charge is 0.334 e. The Morgan fingerprint density at radius 1 is 1.04 bits per heavy atom. The number of hydrogen-bond acceptors (Lipinski definition) is 4. The van der Waals surface area contributed by atoms with Crippen molar-refractivity contribution in [1.29, 1.82) is 0 Å². The lowest BCUT2D eigenvalue weighted by Crippen LogP contribution is -2.50. The summed E-state index contributed by atoms with van der Waals surface area (Å²) in [5, 5.41) is 9.07. The van der Waals surface area contributed by atoms with Crippen LogP contribution in [0.2, 0.25) is 0 Å². The molecule has 3 heterocycles. The van der Waals surface area contributed by atoms with Crippen molar-refractivity contribution in [2.24, 2.45) is 0 Å². The molecule has 1 aliphatic heterocycles. The molecular weight excluding hydrogens is 372 g/mol. The van der Waals surface area contributed by atoms with Gasteiger partial charge in [-0.2, -0.15) is 5.10 Å². The number of nitrogens with one attached hydrogen (secondary N) is 1. The number of benzene rings is 1. The Hall–Kier alpha value is -2.93. The number of H-pyrrole nitrogens is 1. The summed E-state index contributed by atoms with van der Waals surface area (Å²) in [5.41, 5.74) is 3.49. The molecule has 0 bridgehead atoms. The van der Waals surface area contributed by atoms with Crippen molar-refractivity contribution in [1.82, 2.24) is 20.0 Å². The first-order chi connectivity index (χ1) is 13.7. The van der Waals surface area contributed by atoms with E-state index in [4.69, 9.17) is 0 Å². The fourth-order valence-electron chi connectivity index (χ4n) is 3.33. The Bertz CT molecular complexity index is 955. The van der Waals surface area contributed by atoms with Crippen LogP contribution in [0, 0.1) is 0 Å². The topological polar surface area (TPSA) is 69.3 Å². The average molecular weight is 395 g/mol. The second kappa shape index (κ2) is 7.98. The van der Waals surface area contributed by atoms with Crippen molar-refractivity contribution in [3.05, 3.63) is 64.0 Å². The highest BCUT2D eigenvalue weighted by Gasteiger charge is 2.26. The van der Waals surface area contributed by atoms with Crippen LogP contribution in [-0.4, -0.2) is 58.0 Å². The van der Waals surface area contributed by atoms with Gasteiger partial charge in [-0.05, 0) is 29.5 Å². The summed E-state index contributed by atoms with van der Waals surface area (Å²) >= 11 is 1.45. The molecular formula is C21H22N4O2S. The predicted molar refractivity (Wildman–Crippen MR) is 110 cm³/mol. The number of piperazine rings is 1. The summed E-state index contributed by atoms with van der Waals surface area (Å²) in [6.07, 6.45) is 0.992. The summed E-state index contributed by atoms with van der Waals surface area (Å²) in [7, 11) is 0. The molecule has 0 spiro atoms. The molecule has 1 aliphatic rings. The molecule has 3 aromatic rings. The fourth-order valence-corrected chi connectivity index (χ4v) is 4.02. The summed E-state index contributed by atoms with van der Waals surface area (Å²) in [6.45, 7) is 4.25. The summed E-state index contributed by atoms with van der Waals surface area (Å²) in [5.74, 6) is -0.0337. The van der Waals surface area contributed by atoms with Gasteiger partial charge in [0.2, 0.25) is 0 Å². The Labute approximate surface area is 167 Å². The normalized spacial score (nSPS) is 14.3. The van der Waals surface area contributed by atoms with E-state index in [9.17, 15) is 9.59 Å². The molecule has 0 atom stereocenters. The van der Waals surface area contributed by atoms with Crippen LogP contribution in [0.25, 0.3) is 11.3 Å². The van der Waals surface area contributed by atoms with Crippen LogP contribution in [0.4, 0.5) is 0 Å². The fraction of sp³-hybridized carbons (Fsp3) is 0.286. The third-order valence-electron chi connectivity index (χ3n) is 5.05. The summed E-state index contributed by atoms with van der Waals surface area (Å²) in [4.78, 5) is 29.6. The Balaban J connectivity index is 1.39. The number of carbonyl (C=O) groups is 2. The zero-order valence-electron chi connectivity index (χ0n) is 15.7. The minimum atomic E-state index is -0.0767. The van der Waals surface area contributed by atoms with Gasteiger partial charge in [-0.1, -0.05) is 37.3 Å². The number of rotatable bonds is 4. The smallest absolute Gasteiger partial charge is 0.272 e. The first-order valence-corrected chi connectivity index (χ1v) is 10.3. The van der Waals surface area contributed by atoms with Crippen molar-refractivity contribution in [3.8, 4) is 11.3 Å². The van der Waals surface area contributed by atoms with Crippen LogP contribution >= 0.6 is 11.3 Å². The van der Waals surface area contributed by atoms with Crippen molar-refractivity contribution in [3.63, 3.8) is 0 Å². The standard InChI is InChI=1S/C21H22N4O2S/c1-2-15-5-7-16(8-6-15)17-14-18(23-22-17)20(26)24-9-11-25(12-10-24)21(27)19-4-3-13-28-19/h3-8,13-14H,2,9-12H2,1H3,(H,22,23). The number of aromatic nitrogens is 2. The number of aryl methyl sites for hydroxylation is 1. The lowest BCUT2D eigenvalue weighted by atomic mass is 10.1. The second-order valence-corrected chi connectivity index (χ2v) is 7.73. The van der Waals surface area contributed by atoms with Crippen LogP contribution in [0.5, 0.6) is 0 Å². The van der Waals surface area contributed by atoms with Crippen molar-refractivity contribution in [2.45, 2.75) is 13.3 Å². The molecule has 2 aromatic heterocycles. The summed E-state index contributed by atoms with van der Waals surface area (Å²) in [6, 6.07) is 13.7. The summed E-state index contributed by atoms with van der Waals surface area (Å²) < 4.78 is 0. The van der Waals surface area contributed by atoms with E-state index in [-0.39, 0.29) is 11.8 Å². The van der Waals surface area contributed by atoms with Crippen LogP contribution in [0.1, 0.15) is 32.6 Å². The molecule has 28 heavy (non-hydrogen) atoms. The van der Waals surface area contributed by atoms with Gasteiger partial charge in [0.15, 0.2) is 0 Å². The van der Waals surface area contributed by atoms with Gasteiger partial charge in [-0.15, -0.1) is 11.3 Å². The van der Waals surface area contributed by atoms with E-state index in [1.165, 1.54) is 16.9 Å². The molecule has 1 N–H and O–H groups in total. The van der Waals surface area contributed by atoms with Crippen molar-refractivity contribution < 1.29 is 9.59 Å². The molecule has 0 radical (unpaired) electrons. The zero-order valence-corrected chi connectivity index (χ0v) is 16.5. The van der Waals surface area contributed by atoms with Gasteiger partial charge in [-0.3, -0.25) is 14.7 Å². The Morgan fingerprint density at radius 2 is 1.71 bits per heavy atom. The molecule has 7 heteroatoms. The van der Waals surface area contributed by atoms with Gasteiger partial charge in [0.1, 0.15) is 5.69 Å². The van der Waals surface area contributed by atoms with Gasteiger partial charge in [0.25, 0.3) is 11.8 Å². The number of amides is 2. The molecule has 144 valence electrons. The van der Waals surface area contributed by atoms with E-state index in [1.54, 1.807) is 11.0 Å². The molecule has 0 aliphatic carbocycles. The Kier molecular flexibility index (Phi) is 5.25. The van der Waals surface area contributed by atoms with Gasteiger partial charge in [0, 0.05) is 31.7 Å². The Morgan fingerprint density at radius 3 is 2.32 bits per heavy atom. The lowest BCUT2D eigenvalue weighted by Gasteiger charge is -2.34. The maximum Gasteiger partial charge on any atom is 0.272 e. The quantitative estimate of drug-likeness (QED) is 0.738. The molecule has 4 rings (SSSR count). The number of thiophene rings is 1. The van der Waals surface area contributed by atoms with Crippen molar-refractivity contribution >= 4 is 23.2 Å². The maximum atomic E-state index is 12.8. The zero-order chi connectivity index (χ0) is 19.5. The third-order valence-corrected chi connectivity index (χ3v) is 5.91. The van der Waals surface area contributed by atoms with Gasteiger partial charge in [0.05, 0.1) is 10.6 Å². The minimum absolute atomic E-state index is 0.0430. The number of nitrogens with zero attached hydrogens (tertiary/aromatic N) is 3. The molecule has 1 saturated heterocycles. The lowest BCUT2D eigenvalue weighted by molar-refractivity contribution is 0.0535. The van der Waals surface area contributed by atoms with Gasteiger partial charge in [-0.25, -0.2) is 0 Å². The molecule has 2 amide bonds. The van der Waals surface area contributed by atoms with E-state index in [1.807, 2.05) is 34.5 Å². The number of carbonyl (C=O) groups excluding carboxylic acids is 2. The molecule has 0 saturated carbocycles. The van der Waals surface area contributed by atoms with E-state index in [2.05, 4.69) is 29.3 Å². The average Bonchev–Trinajstić information content (AvgIpc) is 3.45. The SMILES string of the molecule is CCc1ccc(-c2cc(C(=O)N3CCN(C(=O)c4cccs4)CC3)[nH]n2)cc1. The highest BCUT2D eigenvalue weighted by molar-refractivity contribution is 7.12. The minimum Gasteiger partial charge on any atom is -0.334 e. The van der Waals surface area contributed by atoms with Crippen LogP contribution in [0.15, 0.2) is 47.8 Å². The van der Waals surface area contributed by atoms with E-state index < -0.39 is 0 Å². The first kappa shape index (κ1) is 18.4. The van der Waals surface area contributed by atoms with Crippen LogP contribution in [-0.2, 0) is 6.42 Å². The van der Waals surface area contributed by atoms with E-state index >= 15 is 0 Å². The first-order valence-electron chi connectivity index (χ1n) is 9.42. The molecule has 1 fully saturated rings. The van der Waals surface area contributed by atoms with Crippen LogP contribution in [0.3, 0.4) is 0 Å². The maximum absolute atomic E-state index is 12.8. The number of hydrogen-bond donors (Lipinski definition) is 1. The van der Waals surface area contributed by atoms with Crippen LogP contribution < -0.4 is 0 Å². The van der Waals surface area contributed by atoms with Gasteiger partial charge >= 0.3 is 0 Å². The monoisotopic (exact) mass is 394 g/mol. The predicted octanol–water partition coefficient (Wildman–Crippen LogP) is 3.30. The van der Waals surface area contributed by atoms with E-state index in [0.29, 0.717) is 31.9 Å². The molecule has 6 nitrogen and oxygen atoms in total. The molecule has 0 unspecified atom stereocenters. The number of aromatic amines is 1. The molecule has 1 aromatic carbocycles. The second-order valence-electron chi connectivity index (χ2n) is 6.78. The van der Waals surface area contributed by atoms with Gasteiger partial charge < -0.3 is 9.80 Å². The highest BCUT2D eigenvalue weighted by Crippen LogP contribution is 2.20. The third kappa shape index (κ3) is 3.71. The highest BCUT2D eigenvalue weighted by atomic mass is 32.1.